The van der Waals surface area contributed by atoms with E-state index in [2.05, 4.69) is 32.5 Å². The molecule has 4 aromatic rings. The van der Waals surface area contributed by atoms with Crippen LogP contribution in [-0.2, 0) is 19.7 Å². The van der Waals surface area contributed by atoms with Crippen LogP contribution in [0.15, 0.2) is 70.5 Å². The highest BCUT2D eigenvalue weighted by molar-refractivity contribution is 8.31. The van der Waals surface area contributed by atoms with E-state index in [9.17, 15) is 22.4 Å². The number of unbranched alkanes of at least 4 members (excludes halogenated alkanes) is 28. The van der Waals surface area contributed by atoms with Crippen molar-refractivity contribution in [3.8, 4) is 23.0 Å². The van der Waals surface area contributed by atoms with Gasteiger partial charge in [-0.3, -0.25) is 0 Å². The maximum atomic E-state index is 14.9. The molecule has 0 fully saturated rings. The third kappa shape index (κ3) is 21.9. The zero-order valence-electron chi connectivity index (χ0n) is 45.7. The molecule has 0 unspecified atom stereocenters. The van der Waals surface area contributed by atoms with E-state index in [1.807, 2.05) is 12.1 Å². The third-order valence-corrected chi connectivity index (χ3v) is 18.1. The fourth-order valence-corrected chi connectivity index (χ4v) is 13.0. The molecule has 0 heterocycles. The van der Waals surface area contributed by atoms with Gasteiger partial charge in [-0.1, -0.05) is 220 Å². The zero-order chi connectivity index (χ0) is 52.4. The van der Waals surface area contributed by atoms with Gasteiger partial charge in [-0.05, 0) is 95.8 Å². The van der Waals surface area contributed by atoms with Crippen molar-refractivity contribution < 1.29 is 40.6 Å². The van der Waals surface area contributed by atoms with Crippen LogP contribution in [0.3, 0.4) is 0 Å². The fourth-order valence-electron chi connectivity index (χ4n) is 9.42. The molecule has 0 saturated heterocycles. The van der Waals surface area contributed by atoms with Gasteiger partial charge in [0.25, 0.3) is 19.7 Å². The molecule has 0 saturated carbocycles. The molecule has 0 aliphatic heterocycles. The highest BCUT2D eigenvalue weighted by atomic mass is 32.3. The van der Waals surface area contributed by atoms with E-state index >= 15 is 0 Å². The number of nitrogens with zero attached hydrogens (tertiary/aromatic N) is 2. The summed E-state index contributed by atoms with van der Waals surface area (Å²) in [6, 6.07) is 16.9. The van der Waals surface area contributed by atoms with Crippen molar-refractivity contribution in [3.63, 3.8) is 0 Å². The first kappa shape index (κ1) is 61.4. The molecule has 0 N–H and O–H groups in total. The van der Waals surface area contributed by atoms with Crippen LogP contribution in [0.1, 0.15) is 233 Å². The Labute approximate surface area is 442 Å². The number of hydrogen-bond acceptors (Lipinski definition) is 8. The molecule has 73 heavy (non-hydrogen) atoms. The molecule has 0 radical (unpaired) electrons. The smallest absolute Gasteiger partial charge is 0.494 e. The van der Waals surface area contributed by atoms with E-state index < -0.39 is 33.8 Å². The summed E-state index contributed by atoms with van der Waals surface area (Å²) in [5, 5.41) is 2.42. The summed E-state index contributed by atoms with van der Waals surface area (Å²) in [5.41, 5.74) is 10.6. The normalized spacial score (nSPS) is 11.8. The molecule has 408 valence electrons. The Morgan fingerprint density at radius 1 is 0.356 bits per heavy atom. The molecule has 0 aliphatic carbocycles. The van der Waals surface area contributed by atoms with Gasteiger partial charge in [0, 0.05) is 0 Å². The number of ether oxygens (including phenoxy) is 4. The SMILES string of the molecule is CCCCCCCCCCOc1ccc2cc(S(=O)(=O)C(=[N+]=[N-])S(=O)(=O)c3cc4ccc(OCCCCCCCCCC)cc4cc3OCCCCCCCCCC)c(OCCCCCCCCCC)cc2c1. The summed E-state index contributed by atoms with van der Waals surface area (Å²) in [5.74, 6) is 1.27. The van der Waals surface area contributed by atoms with Crippen molar-refractivity contribution in [1.29, 1.82) is 0 Å². The summed E-state index contributed by atoms with van der Waals surface area (Å²) < 4.78 is 83.1. The standard InChI is InChI=1S/C61H94N2O8S2/c1-5-9-13-17-21-25-29-33-41-68-55-39-37-51-49-59(57(47-53(51)45-55)70-43-35-31-27-23-19-15-11-7-3)72(64,65)61(63-62)73(66,67)60-50-52-38-40-56(69-42-34-30-26-22-18-14-10-6-2)46-54(52)48-58(60)71-44-36-32-28-24-20-16-12-8-4/h37-40,45-50H,5-36,41-44H2,1-4H3. The molecule has 12 heteroatoms. The van der Waals surface area contributed by atoms with Crippen LogP contribution < -0.4 is 18.9 Å². The monoisotopic (exact) mass is 1050 g/mol. The van der Waals surface area contributed by atoms with E-state index in [0.717, 1.165) is 64.2 Å². The largest absolute Gasteiger partial charge is 0.504 e. The van der Waals surface area contributed by atoms with Crippen molar-refractivity contribution in [2.75, 3.05) is 26.4 Å². The number of rotatable bonds is 42. The lowest BCUT2D eigenvalue weighted by Gasteiger charge is -2.15. The predicted molar refractivity (Wildman–Crippen MR) is 303 cm³/mol. The van der Waals surface area contributed by atoms with E-state index in [-0.39, 0.29) is 24.7 Å². The Bertz CT molecular complexity index is 2290. The molecule has 10 nitrogen and oxygen atoms in total. The third-order valence-electron chi connectivity index (χ3n) is 13.9. The predicted octanol–water partition coefficient (Wildman–Crippen LogP) is 17.9. The maximum absolute atomic E-state index is 14.9. The van der Waals surface area contributed by atoms with Gasteiger partial charge in [0.2, 0.25) is 0 Å². The molecule has 0 bridgehead atoms. The highest BCUT2D eigenvalue weighted by Crippen LogP contribution is 2.38. The molecule has 0 aromatic heterocycles. The molecular formula is C61H94N2O8S2. The molecule has 0 amide bonds. The Morgan fingerprint density at radius 3 is 0.918 bits per heavy atom. The first-order chi connectivity index (χ1) is 35.6. The van der Waals surface area contributed by atoms with Crippen LogP contribution in [0, 0.1) is 0 Å². The number of hydrogen-bond donors (Lipinski definition) is 0. The molecular weight excluding hydrogens is 953 g/mol. The summed E-state index contributed by atoms with van der Waals surface area (Å²) in [7, 11) is -10.1. The summed E-state index contributed by atoms with van der Waals surface area (Å²) in [6.45, 7) is 10.4. The number of fused-ring (bicyclic) bond motifs is 2. The van der Waals surface area contributed by atoms with Crippen molar-refractivity contribution in [1.82, 2.24) is 0 Å². The maximum Gasteiger partial charge on any atom is 0.504 e. The van der Waals surface area contributed by atoms with Crippen molar-refractivity contribution in [2.45, 2.75) is 243 Å². The second-order valence-electron chi connectivity index (χ2n) is 20.3. The van der Waals surface area contributed by atoms with E-state index in [1.165, 1.54) is 141 Å². The average Bonchev–Trinajstić information content (AvgIpc) is 3.38. The van der Waals surface area contributed by atoms with E-state index in [1.54, 1.807) is 36.4 Å². The lowest BCUT2D eigenvalue weighted by atomic mass is 10.1. The van der Waals surface area contributed by atoms with Gasteiger partial charge in [-0.25, -0.2) is 16.8 Å². The van der Waals surface area contributed by atoms with Crippen molar-refractivity contribution >= 4 is 45.6 Å². The van der Waals surface area contributed by atoms with E-state index in [4.69, 9.17) is 18.9 Å². The van der Waals surface area contributed by atoms with Gasteiger partial charge in [-0.2, -0.15) is 0 Å². The number of benzene rings is 4. The number of sulfone groups is 2. The first-order valence-electron chi connectivity index (χ1n) is 29.0. The highest BCUT2D eigenvalue weighted by Gasteiger charge is 2.47. The van der Waals surface area contributed by atoms with Crippen molar-refractivity contribution in [3.05, 3.63) is 66.2 Å². The van der Waals surface area contributed by atoms with Crippen LogP contribution in [-0.4, -0.2) is 52.4 Å². The molecule has 0 aliphatic rings. The zero-order valence-corrected chi connectivity index (χ0v) is 47.3. The second-order valence-corrected chi connectivity index (χ2v) is 24.2. The average molecular weight is 1050 g/mol. The molecule has 4 aromatic carbocycles. The Kier molecular flexibility index (Phi) is 30.3. The fraction of sp³-hybridized carbons (Fsp3) is 0.656. The van der Waals surface area contributed by atoms with Crippen LogP contribution >= 0.6 is 0 Å². The quantitative estimate of drug-likeness (QED) is 0.0140. The molecule has 0 atom stereocenters. The van der Waals surface area contributed by atoms with E-state index in [0.29, 0.717) is 59.1 Å². The first-order valence-corrected chi connectivity index (χ1v) is 32.0. The van der Waals surface area contributed by atoms with Gasteiger partial charge in [-0.15, -0.1) is 4.79 Å². The van der Waals surface area contributed by atoms with Crippen LogP contribution in [0.5, 0.6) is 23.0 Å². The lowest BCUT2D eigenvalue weighted by molar-refractivity contribution is 0.00377. The summed E-state index contributed by atoms with van der Waals surface area (Å²) in [4.78, 5) is 2.30. The van der Waals surface area contributed by atoms with Gasteiger partial charge in [0.05, 0.1) is 26.4 Å². The second kappa shape index (κ2) is 36.0. The van der Waals surface area contributed by atoms with Crippen LogP contribution in [0.25, 0.3) is 27.1 Å². The van der Waals surface area contributed by atoms with Crippen LogP contribution in [0.4, 0.5) is 0 Å². The van der Waals surface area contributed by atoms with Gasteiger partial charge >= 0.3 is 4.38 Å². The Morgan fingerprint density at radius 2 is 0.630 bits per heavy atom. The van der Waals surface area contributed by atoms with Gasteiger partial charge in [0.1, 0.15) is 32.8 Å². The summed E-state index contributed by atoms with van der Waals surface area (Å²) >= 11 is 0. The van der Waals surface area contributed by atoms with Crippen molar-refractivity contribution in [2.24, 2.45) is 0 Å². The molecule has 4 rings (SSSR count). The molecule has 0 spiro atoms. The Balaban J connectivity index is 1.61. The van der Waals surface area contributed by atoms with Crippen LogP contribution in [0.2, 0.25) is 0 Å². The minimum Gasteiger partial charge on any atom is -0.494 e. The summed E-state index contributed by atoms with van der Waals surface area (Å²) in [6.07, 6.45) is 36.2. The van der Waals surface area contributed by atoms with Gasteiger partial charge < -0.3 is 24.5 Å². The lowest BCUT2D eigenvalue weighted by Crippen LogP contribution is -2.27. The Hall–Kier alpha value is -4.12. The minimum atomic E-state index is -5.04. The van der Waals surface area contributed by atoms with Gasteiger partial charge in [0.15, 0.2) is 0 Å². The topological polar surface area (TPSA) is 142 Å². The minimum absolute atomic E-state index is 0.0174.